The van der Waals surface area contributed by atoms with Crippen molar-refractivity contribution in [3.05, 3.63) is 78.1 Å². The Bertz CT molecular complexity index is 1230. The topological polar surface area (TPSA) is 94.2 Å². The maximum atomic E-state index is 13.2. The van der Waals surface area contributed by atoms with Crippen molar-refractivity contribution in [1.29, 1.82) is 0 Å². The molecule has 0 atom stereocenters. The van der Waals surface area contributed by atoms with Gasteiger partial charge in [-0.3, -0.25) is 9.10 Å². The number of nitrogens with zero attached hydrogens (tertiary/aromatic N) is 1. The molecule has 0 spiro atoms. The molecular formula is C24H25FN2O6S. The summed E-state index contributed by atoms with van der Waals surface area (Å²) in [6, 6.07) is 16.9. The van der Waals surface area contributed by atoms with Gasteiger partial charge in [0.1, 0.15) is 23.1 Å². The van der Waals surface area contributed by atoms with E-state index in [4.69, 9.17) is 14.2 Å². The van der Waals surface area contributed by atoms with Gasteiger partial charge >= 0.3 is 0 Å². The Hall–Kier alpha value is -3.79. The Kier molecular flexibility index (Phi) is 7.95. The summed E-state index contributed by atoms with van der Waals surface area (Å²) in [5.41, 5.74) is 1.52. The number of carbonyl (C=O) groups is 1. The van der Waals surface area contributed by atoms with Crippen LogP contribution in [0.5, 0.6) is 17.2 Å². The predicted octanol–water partition coefficient (Wildman–Crippen LogP) is 3.83. The average molecular weight is 489 g/mol. The Balaban J connectivity index is 1.64. The van der Waals surface area contributed by atoms with Crippen LogP contribution in [0.2, 0.25) is 0 Å². The molecule has 0 saturated heterocycles. The molecule has 34 heavy (non-hydrogen) atoms. The quantitative estimate of drug-likeness (QED) is 0.466. The second kappa shape index (κ2) is 10.9. The first-order valence-electron chi connectivity index (χ1n) is 10.2. The smallest absolute Gasteiger partial charge is 0.262 e. The van der Waals surface area contributed by atoms with E-state index in [1.807, 2.05) is 0 Å². The molecule has 3 aromatic carbocycles. The maximum Gasteiger partial charge on any atom is 0.262 e. The summed E-state index contributed by atoms with van der Waals surface area (Å²) in [6.07, 6.45) is 1.10. The summed E-state index contributed by atoms with van der Waals surface area (Å²) < 4.78 is 54.9. The molecule has 0 aliphatic heterocycles. The number of hydrogen-bond donors (Lipinski definition) is 1. The summed E-state index contributed by atoms with van der Waals surface area (Å²) in [6.45, 7) is -0.217. The minimum Gasteiger partial charge on any atom is -0.497 e. The molecule has 0 aliphatic rings. The molecule has 0 aromatic heterocycles. The van der Waals surface area contributed by atoms with Gasteiger partial charge in [-0.05, 0) is 54.1 Å². The van der Waals surface area contributed by atoms with E-state index < -0.39 is 21.7 Å². The maximum absolute atomic E-state index is 13.2. The van der Waals surface area contributed by atoms with Gasteiger partial charge in [0.2, 0.25) is 10.0 Å². The number of amides is 1. The van der Waals surface area contributed by atoms with Crippen molar-refractivity contribution in [1.82, 2.24) is 0 Å². The van der Waals surface area contributed by atoms with Gasteiger partial charge in [0.15, 0.2) is 6.61 Å². The number of ether oxygens (including phenoxy) is 3. The lowest BCUT2D eigenvalue weighted by Crippen LogP contribution is -2.29. The van der Waals surface area contributed by atoms with Gasteiger partial charge in [0, 0.05) is 6.07 Å². The minimum absolute atomic E-state index is 0.0470. The molecule has 0 fully saturated rings. The first-order valence-corrected chi connectivity index (χ1v) is 12.0. The number of nitrogens with one attached hydrogen (secondary N) is 1. The van der Waals surface area contributed by atoms with E-state index in [1.165, 1.54) is 42.8 Å². The molecular weight excluding hydrogens is 463 g/mol. The van der Waals surface area contributed by atoms with Crippen LogP contribution in [0.15, 0.2) is 66.7 Å². The number of rotatable bonds is 10. The number of sulfonamides is 1. The van der Waals surface area contributed by atoms with Crippen molar-refractivity contribution in [2.24, 2.45) is 0 Å². The molecule has 1 N–H and O–H groups in total. The predicted molar refractivity (Wildman–Crippen MR) is 128 cm³/mol. The van der Waals surface area contributed by atoms with E-state index in [1.54, 1.807) is 42.5 Å². The third kappa shape index (κ3) is 6.61. The standard InChI is InChI=1S/C24H25FN2O6S/c1-31-21-12-13-22(23(14-21)32-2)26-24(28)16-33-20-10-8-19(9-11-20)27(34(3,29)30)15-17-4-6-18(25)7-5-17/h4-14H,15-16H2,1-3H3,(H,26,28). The second-order valence-electron chi connectivity index (χ2n) is 7.29. The van der Waals surface area contributed by atoms with Gasteiger partial charge in [0.05, 0.1) is 38.4 Å². The van der Waals surface area contributed by atoms with E-state index in [0.717, 1.165) is 6.26 Å². The Labute approximate surface area is 197 Å². The fourth-order valence-corrected chi connectivity index (χ4v) is 3.99. The zero-order chi connectivity index (χ0) is 24.7. The highest BCUT2D eigenvalue weighted by atomic mass is 32.2. The molecule has 8 nitrogen and oxygen atoms in total. The Morgan fingerprint density at radius 2 is 1.59 bits per heavy atom. The summed E-state index contributed by atoms with van der Waals surface area (Å²) in [4.78, 5) is 12.3. The van der Waals surface area contributed by atoms with Crippen molar-refractivity contribution in [2.75, 3.05) is 36.7 Å². The number of benzene rings is 3. The number of anilines is 2. The third-order valence-electron chi connectivity index (χ3n) is 4.82. The largest absolute Gasteiger partial charge is 0.497 e. The summed E-state index contributed by atoms with van der Waals surface area (Å²) in [5, 5.41) is 2.71. The van der Waals surface area contributed by atoms with Crippen molar-refractivity contribution in [2.45, 2.75) is 6.54 Å². The number of hydrogen-bond acceptors (Lipinski definition) is 6. The van der Waals surface area contributed by atoms with Crippen LogP contribution < -0.4 is 23.8 Å². The zero-order valence-corrected chi connectivity index (χ0v) is 19.8. The zero-order valence-electron chi connectivity index (χ0n) is 18.9. The van der Waals surface area contributed by atoms with E-state index in [0.29, 0.717) is 34.2 Å². The van der Waals surface area contributed by atoms with Crippen molar-refractivity contribution in [3.8, 4) is 17.2 Å². The molecule has 3 aromatic rings. The Morgan fingerprint density at radius 1 is 0.941 bits per heavy atom. The van der Waals surface area contributed by atoms with Gasteiger partial charge in [-0.25, -0.2) is 12.8 Å². The molecule has 1 amide bonds. The summed E-state index contributed by atoms with van der Waals surface area (Å²) in [7, 11) is -0.581. The third-order valence-corrected chi connectivity index (χ3v) is 5.96. The van der Waals surface area contributed by atoms with Crippen LogP contribution in [-0.2, 0) is 21.4 Å². The molecule has 0 bridgehead atoms. The van der Waals surface area contributed by atoms with Crippen molar-refractivity contribution < 1.29 is 31.8 Å². The van der Waals surface area contributed by atoms with Crippen LogP contribution in [0.3, 0.4) is 0 Å². The molecule has 10 heteroatoms. The summed E-state index contributed by atoms with van der Waals surface area (Å²) >= 11 is 0. The first-order chi connectivity index (χ1) is 16.2. The SMILES string of the molecule is COc1ccc(NC(=O)COc2ccc(N(Cc3ccc(F)cc3)S(C)(=O)=O)cc2)c(OC)c1. The van der Waals surface area contributed by atoms with Crippen LogP contribution in [0.1, 0.15) is 5.56 Å². The fourth-order valence-electron chi connectivity index (χ4n) is 3.10. The molecule has 180 valence electrons. The lowest BCUT2D eigenvalue weighted by molar-refractivity contribution is -0.118. The number of methoxy groups -OCH3 is 2. The molecule has 0 heterocycles. The molecule has 0 unspecified atom stereocenters. The van der Waals surface area contributed by atoms with Crippen LogP contribution in [0.25, 0.3) is 0 Å². The Morgan fingerprint density at radius 3 is 2.18 bits per heavy atom. The van der Waals surface area contributed by atoms with Crippen LogP contribution >= 0.6 is 0 Å². The van der Waals surface area contributed by atoms with E-state index >= 15 is 0 Å². The second-order valence-corrected chi connectivity index (χ2v) is 9.20. The summed E-state index contributed by atoms with van der Waals surface area (Å²) in [5.74, 6) is 0.621. The lowest BCUT2D eigenvalue weighted by atomic mass is 10.2. The van der Waals surface area contributed by atoms with Crippen LogP contribution in [-0.4, -0.2) is 41.4 Å². The van der Waals surface area contributed by atoms with Crippen LogP contribution in [0.4, 0.5) is 15.8 Å². The normalized spacial score (nSPS) is 10.9. The molecule has 0 saturated carbocycles. The van der Waals surface area contributed by atoms with E-state index in [2.05, 4.69) is 5.32 Å². The minimum atomic E-state index is -3.60. The highest BCUT2D eigenvalue weighted by Crippen LogP contribution is 2.29. The monoisotopic (exact) mass is 488 g/mol. The van der Waals surface area contributed by atoms with Crippen molar-refractivity contribution in [3.63, 3.8) is 0 Å². The van der Waals surface area contributed by atoms with Crippen LogP contribution in [0, 0.1) is 5.82 Å². The van der Waals surface area contributed by atoms with E-state index in [9.17, 15) is 17.6 Å². The molecule has 3 rings (SSSR count). The highest BCUT2D eigenvalue weighted by molar-refractivity contribution is 7.92. The fraction of sp³-hybridized carbons (Fsp3) is 0.208. The molecule has 0 aliphatic carbocycles. The van der Waals surface area contributed by atoms with E-state index in [-0.39, 0.29) is 13.2 Å². The number of carbonyl (C=O) groups excluding carboxylic acids is 1. The van der Waals surface area contributed by atoms with Gasteiger partial charge in [-0.15, -0.1) is 0 Å². The highest BCUT2D eigenvalue weighted by Gasteiger charge is 2.18. The lowest BCUT2D eigenvalue weighted by Gasteiger charge is -2.23. The average Bonchev–Trinajstić information content (AvgIpc) is 2.82. The van der Waals surface area contributed by atoms with Gasteiger partial charge in [0.25, 0.3) is 5.91 Å². The molecule has 0 radical (unpaired) electrons. The van der Waals surface area contributed by atoms with Gasteiger partial charge in [-0.1, -0.05) is 12.1 Å². The van der Waals surface area contributed by atoms with Crippen molar-refractivity contribution >= 4 is 27.3 Å². The first kappa shape index (κ1) is 24.8. The van der Waals surface area contributed by atoms with Gasteiger partial charge in [-0.2, -0.15) is 0 Å². The number of halogens is 1. The van der Waals surface area contributed by atoms with Gasteiger partial charge < -0.3 is 19.5 Å².